The Morgan fingerprint density at radius 2 is 2.13 bits per heavy atom. The Morgan fingerprint density at radius 1 is 1.39 bits per heavy atom. The molecule has 5 nitrogen and oxygen atoms in total. The van der Waals surface area contributed by atoms with Crippen molar-refractivity contribution in [1.29, 1.82) is 0 Å². The number of carboxylic acids is 1. The molecule has 1 aliphatic rings. The van der Waals surface area contributed by atoms with Gasteiger partial charge in [0.25, 0.3) is 0 Å². The average molecular weight is 360 g/mol. The fraction of sp³-hybridized carbons (Fsp3) is 0.500. The number of halogens is 2. The smallest absolute Gasteiger partial charge is 0.333 e. The van der Waals surface area contributed by atoms with E-state index in [2.05, 4.69) is 5.32 Å². The third-order valence-corrected chi connectivity index (χ3v) is 4.86. The molecule has 1 aromatic rings. The molecule has 23 heavy (non-hydrogen) atoms. The van der Waals surface area contributed by atoms with Gasteiger partial charge in [-0.25, -0.2) is 4.79 Å². The lowest BCUT2D eigenvalue weighted by Crippen LogP contribution is -2.49. The molecule has 0 aliphatic carbocycles. The minimum atomic E-state index is -1.56. The second-order valence-corrected chi connectivity index (χ2v) is 6.69. The summed E-state index contributed by atoms with van der Waals surface area (Å²) in [5.74, 6) is -1.11. The van der Waals surface area contributed by atoms with E-state index in [0.717, 1.165) is 13.0 Å². The molecule has 0 bridgehead atoms. The van der Waals surface area contributed by atoms with Crippen LogP contribution in [0.1, 0.15) is 31.7 Å². The maximum atomic E-state index is 12.2. The zero-order chi connectivity index (χ0) is 17.0. The van der Waals surface area contributed by atoms with Gasteiger partial charge in [-0.15, -0.1) is 0 Å². The number of carboxylic acid groups (broad SMARTS) is 1. The van der Waals surface area contributed by atoms with Crippen LogP contribution in [0.2, 0.25) is 10.0 Å². The van der Waals surface area contributed by atoms with E-state index in [1.807, 2.05) is 0 Å². The van der Waals surface area contributed by atoms with Crippen molar-refractivity contribution in [2.45, 2.75) is 31.7 Å². The van der Waals surface area contributed by atoms with Gasteiger partial charge in [-0.05, 0) is 43.4 Å². The number of hydrogen-bond donors (Lipinski definition) is 2. The van der Waals surface area contributed by atoms with Gasteiger partial charge < -0.3 is 15.2 Å². The topological polar surface area (TPSA) is 75.6 Å². The summed E-state index contributed by atoms with van der Waals surface area (Å²) in [4.78, 5) is 23.9. The van der Waals surface area contributed by atoms with E-state index in [9.17, 15) is 14.7 Å². The number of nitrogens with one attached hydrogen (secondary N) is 1. The van der Waals surface area contributed by atoms with Crippen molar-refractivity contribution in [3.05, 3.63) is 33.8 Å². The Balaban J connectivity index is 2.08. The zero-order valence-electron chi connectivity index (χ0n) is 12.8. The first-order valence-electron chi connectivity index (χ1n) is 7.40. The van der Waals surface area contributed by atoms with Crippen LogP contribution >= 0.6 is 23.2 Å². The van der Waals surface area contributed by atoms with Gasteiger partial charge in [0.1, 0.15) is 0 Å². The van der Waals surface area contributed by atoms with Crippen molar-refractivity contribution < 1.29 is 19.4 Å². The molecule has 0 radical (unpaired) electrons. The first-order valence-corrected chi connectivity index (χ1v) is 8.16. The van der Waals surface area contributed by atoms with Gasteiger partial charge >= 0.3 is 5.97 Å². The third-order valence-electron chi connectivity index (χ3n) is 4.12. The predicted octanol–water partition coefficient (Wildman–Crippen LogP) is 3.23. The van der Waals surface area contributed by atoms with Crippen LogP contribution in [0.4, 0.5) is 0 Å². The third kappa shape index (κ3) is 4.37. The standard InChI is InChI=1S/C16H19Cl2NO4/c1-16(15(21)22,11-3-4-12(17)13(18)8-11)19-14(20)5-2-10-6-7-23-9-10/h3-4,8,10H,2,5-7,9H2,1H3,(H,19,20)(H,21,22). The second-order valence-electron chi connectivity index (χ2n) is 5.88. The van der Waals surface area contributed by atoms with Gasteiger partial charge in [0.2, 0.25) is 5.91 Å². The Morgan fingerprint density at radius 3 is 2.70 bits per heavy atom. The first kappa shape index (κ1) is 18.0. The molecule has 2 atom stereocenters. The van der Waals surface area contributed by atoms with Gasteiger partial charge in [0.05, 0.1) is 10.0 Å². The molecule has 2 unspecified atom stereocenters. The second kappa shape index (κ2) is 7.51. The average Bonchev–Trinajstić information content (AvgIpc) is 3.01. The molecule has 2 rings (SSSR count). The molecule has 1 saturated heterocycles. The summed E-state index contributed by atoms with van der Waals surface area (Å²) < 4.78 is 5.27. The highest BCUT2D eigenvalue weighted by atomic mass is 35.5. The molecular weight excluding hydrogens is 341 g/mol. The number of carbonyl (C=O) groups is 2. The van der Waals surface area contributed by atoms with Crippen LogP contribution in [0, 0.1) is 5.92 Å². The van der Waals surface area contributed by atoms with Crippen molar-refractivity contribution in [3.63, 3.8) is 0 Å². The SMILES string of the molecule is CC(NC(=O)CCC1CCOC1)(C(=O)O)c1ccc(Cl)c(Cl)c1. The van der Waals surface area contributed by atoms with E-state index in [4.69, 9.17) is 27.9 Å². The molecule has 7 heteroatoms. The number of carbonyl (C=O) groups excluding carboxylic acids is 1. The van der Waals surface area contributed by atoms with E-state index in [-0.39, 0.29) is 17.4 Å². The van der Waals surface area contributed by atoms with E-state index in [1.165, 1.54) is 19.1 Å². The van der Waals surface area contributed by atoms with Crippen LogP contribution in [0.3, 0.4) is 0 Å². The quantitative estimate of drug-likeness (QED) is 0.817. The summed E-state index contributed by atoms with van der Waals surface area (Å²) in [7, 11) is 0. The molecule has 1 aliphatic heterocycles. The lowest BCUT2D eigenvalue weighted by atomic mass is 9.91. The molecule has 1 aromatic carbocycles. The molecule has 1 fully saturated rings. The van der Waals surface area contributed by atoms with Crippen LogP contribution < -0.4 is 5.32 Å². The van der Waals surface area contributed by atoms with E-state index >= 15 is 0 Å². The van der Waals surface area contributed by atoms with Gasteiger partial charge in [0.15, 0.2) is 5.54 Å². The molecule has 0 saturated carbocycles. The highest BCUT2D eigenvalue weighted by Gasteiger charge is 2.37. The Bertz CT molecular complexity index is 602. The highest BCUT2D eigenvalue weighted by Crippen LogP contribution is 2.29. The number of rotatable bonds is 6. The van der Waals surface area contributed by atoms with E-state index < -0.39 is 11.5 Å². The monoisotopic (exact) mass is 359 g/mol. The van der Waals surface area contributed by atoms with Crippen LogP contribution in [0.5, 0.6) is 0 Å². The van der Waals surface area contributed by atoms with Crippen molar-refractivity contribution >= 4 is 35.1 Å². The summed E-state index contributed by atoms with van der Waals surface area (Å²) in [6, 6.07) is 4.53. The summed E-state index contributed by atoms with van der Waals surface area (Å²) in [5, 5.41) is 12.7. The van der Waals surface area contributed by atoms with Crippen molar-refractivity contribution in [3.8, 4) is 0 Å². The minimum absolute atomic E-state index is 0.244. The Labute approximate surface area is 144 Å². The minimum Gasteiger partial charge on any atom is -0.479 e. The van der Waals surface area contributed by atoms with Crippen molar-refractivity contribution in [1.82, 2.24) is 5.32 Å². The first-order chi connectivity index (χ1) is 10.8. The maximum absolute atomic E-state index is 12.2. The molecule has 0 aromatic heterocycles. The largest absolute Gasteiger partial charge is 0.479 e. The molecule has 1 amide bonds. The summed E-state index contributed by atoms with van der Waals surface area (Å²) in [5.41, 5.74) is -1.19. The molecule has 126 valence electrons. The molecule has 2 N–H and O–H groups in total. The van der Waals surface area contributed by atoms with Crippen molar-refractivity contribution in [2.75, 3.05) is 13.2 Å². The number of ether oxygens (including phenoxy) is 1. The van der Waals surface area contributed by atoms with Crippen LogP contribution in [-0.2, 0) is 19.9 Å². The van der Waals surface area contributed by atoms with Gasteiger partial charge in [-0.3, -0.25) is 4.79 Å². The fourth-order valence-corrected chi connectivity index (χ4v) is 2.84. The molecule has 1 heterocycles. The summed E-state index contributed by atoms with van der Waals surface area (Å²) in [6.07, 6.45) is 1.89. The van der Waals surface area contributed by atoms with Crippen LogP contribution in [-0.4, -0.2) is 30.2 Å². The number of aliphatic carboxylic acids is 1. The number of hydrogen-bond acceptors (Lipinski definition) is 3. The highest BCUT2D eigenvalue weighted by molar-refractivity contribution is 6.42. The Hall–Kier alpha value is -1.30. The maximum Gasteiger partial charge on any atom is 0.333 e. The molecular formula is C16H19Cl2NO4. The van der Waals surface area contributed by atoms with Gasteiger partial charge in [-0.2, -0.15) is 0 Å². The number of amides is 1. The Kier molecular flexibility index (Phi) is 5.89. The van der Waals surface area contributed by atoms with E-state index in [1.54, 1.807) is 6.07 Å². The van der Waals surface area contributed by atoms with Gasteiger partial charge in [-0.1, -0.05) is 29.3 Å². The predicted molar refractivity (Wildman–Crippen MR) is 87.8 cm³/mol. The fourth-order valence-electron chi connectivity index (χ4n) is 2.54. The summed E-state index contributed by atoms with van der Waals surface area (Å²) >= 11 is 11.8. The van der Waals surface area contributed by atoms with E-state index in [0.29, 0.717) is 29.5 Å². The van der Waals surface area contributed by atoms with Crippen LogP contribution in [0.15, 0.2) is 18.2 Å². The van der Waals surface area contributed by atoms with Crippen molar-refractivity contribution in [2.24, 2.45) is 5.92 Å². The lowest BCUT2D eigenvalue weighted by molar-refractivity contribution is -0.147. The zero-order valence-corrected chi connectivity index (χ0v) is 14.3. The molecule has 0 spiro atoms. The van der Waals surface area contributed by atoms with Crippen LogP contribution in [0.25, 0.3) is 0 Å². The van der Waals surface area contributed by atoms with Gasteiger partial charge in [0, 0.05) is 19.6 Å². The summed E-state index contributed by atoms with van der Waals surface area (Å²) in [6.45, 7) is 2.82. The lowest BCUT2D eigenvalue weighted by Gasteiger charge is -2.27. The number of benzene rings is 1. The normalized spacial score (nSPS) is 20.0.